The highest BCUT2D eigenvalue weighted by molar-refractivity contribution is 6.33. The second kappa shape index (κ2) is 7.80. The second-order valence-corrected chi connectivity index (χ2v) is 8.01. The van der Waals surface area contributed by atoms with Gasteiger partial charge >= 0.3 is 0 Å². The van der Waals surface area contributed by atoms with Crippen LogP contribution in [0, 0.1) is 0 Å². The van der Waals surface area contributed by atoms with Crippen molar-refractivity contribution in [2.45, 2.75) is 40.2 Å². The van der Waals surface area contributed by atoms with E-state index in [-0.39, 0.29) is 11.4 Å². The van der Waals surface area contributed by atoms with E-state index in [1.165, 1.54) is 18.1 Å². The molecule has 4 nitrogen and oxygen atoms in total. The summed E-state index contributed by atoms with van der Waals surface area (Å²) in [7, 11) is 0. The average Bonchev–Trinajstić information content (AvgIpc) is 2.60. The summed E-state index contributed by atoms with van der Waals surface area (Å²) >= 11 is 6.59. The van der Waals surface area contributed by atoms with Crippen molar-refractivity contribution in [3.05, 3.63) is 58.6 Å². The van der Waals surface area contributed by atoms with Gasteiger partial charge in [-0.15, -0.1) is 0 Å². The first-order chi connectivity index (χ1) is 13.2. The number of fused-ring (bicyclic) bond motifs is 1. The van der Waals surface area contributed by atoms with Gasteiger partial charge in [0.2, 0.25) is 5.91 Å². The lowest BCUT2D eigenvalue weighted by Gasteiger charge is -2.43. The molecule has 0 atom stereocenters. The topological polar surface area (TPSA) is 44.7 Å². The molecule has 5 heteroatoms. The quantitative estimate of drug-likeness (QED) is 0.638. The molecule has 1 amide bonds. The van der Waals surface area contributed by atoms with Crippen LogP contribution in [0.4, 0.5) is 17.1 Å². The SMILES string of the molecule is CCN1c2cc(Cl)c(C=Nc3ccc(NC(C)=O)cc3)cc2C(C)=CC1(C)C. The third kappa shape index (κ3) is 4.12. The van der Waals surface area contributed by atoms with Crippen LogP contribution in [0.2, 0.25) is 5.02 Å². The molecule has 28 heavy (non-hydrogen) atoms. The molecule has 1 heterocycles. The molecular weight excluding hydrogens is 370 g/mol. The van der Waals surface area contributed by atoms with Crippen molar-refractivity contribution in [2.75, 3.05) is 16.8 Å². The second-order valence-electron chi connectivity index (χ2n) is 7.60. The van der Waals surface area contributed by atoms with Crippen molar-refractivity contribution >= 4 is 46.4 Å². The molecule has 0 radical (unpaired) electrons. The van der Waals surface area contributed by atoms with E-state index in [1.54, 1.807) is 6.21 Å². The van der Waals surface area contributed by atoms with E-state index in [0.29, 0.717) is 5.02 Å². The van der Waals surface area contributed by atoms with Gasteiger partial charge in [0.15, 0.2) is 0 Å². The first-order valence-electron chi connectivity index (χ1n) is 9.44. The molecule has 1 aliphatic heterocycles. The fourth-order valence-corrected chi connectivity index (χ4v) is 3.98. The summed E-state index contributed by atoms with van der Waals surface area (Å²) in [5.74, 6) is -0.0928. The van der Waals surface area contributed by atoms with Crippen LogP contribution in [-0.4, -0.2) is 24.2 Å². The highest BCUT2D eigenvalue weighted by Gasteiger charge is 2.30. The normalized spacial score (nSPS) is 15.4. The van der Waals surface area contributed by atoms with Crippen LogP contribution in [-0.2, 0) is 4.79 Å². The van der Waals surface area contributed by atoms with Crippen molar-refractivity contribution < 1.29 is 4.79 Å². The van der Waals surface area contributed by atoms with Crippen LogP contribution in [0.5, 0.6) is 0 Å². The van der Waals surface area contributed by atoms with E-state index in [2.05, 4.69) is 55.0 Å². The molecule has 0 aromatic heterocycles. The maximum absolute atomic E-state index is 11.1. The predicted octanol–water partition coefficient (Wildman–Crippen LogP) is 6.07. The third-order valence-electron chi connectivity index (χ3n) is 4.95. The van der Waals surface area contributed by atoms with Crippen LogP contribution in [0.3, 0.4) is 0 Å². The number of amides is 1. The number of carbonyl (C=O) groups excluding carboxylic acids is 1. The Kier molecular flexibility index (Phi) is 5.61. The van der Waals surface area contributed by atoms with Crippen LogP contribution >= 0.6 is 11.6 Å². The molecule has 0 spiro atoms. The highest BCUT2D eigenvalue weighted by Crippen LogP contribution is 2.41. The lowest BCUT2D eigenvalue weighted by atomic mass is 9.88. The van der Waals surface area contributed by atoms with Gasteiger partial charge in [-0.25, -0.2) is 0 Å². The first-order valence-corrected chi connectivity index (χ1v) is 9.82. The van der Waals surface area contributed by atoms with Crippen LogP contribution in [0.25, 0.3) is 5.57 Å². The van der Waals surface area contributed by atoms with Crippen molar-refractivity contribution in [3.8, 4) is 0 Å². The predicted molar refractivity (Wildman–Crippen MR) is 120 cm³/mol. The molecule has 1 N–H and O–H groups in total. The maximum Gasteiger partial charge on any atom is 0.221 e. The lowest BCUT2D eigenvalue weighted by Crippen LogP contribution is -2.44. The monoisotopic (exact) mass is 395 g/mol. The number of carbonyl (C=O) groups is 1. The number of rotatable bonds is 4. The molecule has 3 rings (SSSR count). The van der Waals surface area contributed by atoms with E-state index in [4.69, 9.17) is 11.6 Å². The number of likely N-dealkylation sites (N-methyl/N-ethyl adjacent to an activating group) is 1. The minimum absolute atomic E-state index is 0.0412. The summed E-state index contributed by atoms with van der Waals surface area (Å²) in [6.07, 6.45) is 4.09. The minimum atomic E-state index is -0.0928. The number of benzene rings is 2. The summed E-state index contributed by atoms with van der Waals surface area (Å²) in [5.41, 5.74) is 5.99. The van der Waals surface area contributed by atoms with E-state index in [0.717, 1.165) is 29.2 Å². The lowest BCUT2D eigenvalue weighted by molar-refractivity contribution is -0.114. The van der Waals surface area contributed by atoms with Gasteiger partial charge in [0.1, 0.15) is 0 Å². The molecule has 0 saturated heterocycles. The standard InChI is InChI=1S/C23H26ClN3O/c1-6-27-22-12-21(24)17(11-20(22)15(2)13-23(27,4)5)14-25-18-7-9-19(10-8-18)26-16(3)28/h7-14H,6H2,1-5H3,(H,26,28). The average molecular weight is 396 g/mol. The molecule has 0 saturated carbocycles. The summed E-state index contributed by atoms with van der Waals surface area (Å²) in [5, 5.41) is 3.43. The Labute approximate surface area is 171 Å². The Hall–Kier alpha value is -2.59. The Bertz CT molecular complexity index is 959. The van der Waals surface area contributed by atoms with Crippen molar-refractivity contribution in [1.82, 2.24) is 0 Å². The van der Waals surface area contributed by atoms with Crippen LogP contribution < -0.4 is 10.2 Å². The van der Waals surface area contributed by atoms with Crippen LogP contribution in [0.15, 0.2) is 47.5 Å². The number of nitrogens with zero attached hydrogens (tertiary/aromatic N) is 2. The van der Waals surface area contributed by atoms with E-state index >= 15 is 0 Å². The molecule has 0 fully saturated rings. The van der Waals surface area contributed by atoms with E-state index in [1.807, 2.05) is 30.3 Å². The van der Waals surface area contributed by atoms with Gasteiger partial charge in [0.05, 0.1) is 16.2 Å². The van der Waals surface area contributed by atoms with Gasteiger partial charge in [0, 0.05) is 42.2 Å². The zero-order valence-corrected chi connectivity index (χ0v) is 17.8. The zero-order valence-electron chi connectivity index (χ0n) is 17.0. The highest BCUT2D eigenvalue weighted by atomic mass is 35.5. The minimum Gasteiger partial charge on any atom is -0.363 e. The van der Waals surface area contributed by atoms with Gasteiger partial charge in [0.25, 0.3) is 0 Å². The largest absolute Gasteiger partial charge is 0.363 e. The molecule has 0 bridgehead atoms. The number of aliphatic imine (C=N–C) groups is 1. The van der Waals surface area contributed by atoms with Gasteiger partial charge in [-0.1, -0.05) is 17.7 Å². The molecule has 1 aliphatic rings. The smallest absolute Gasteiger partial charge is 0.221 e. The molecule has 2 aromatic carbocycles. The number of hydrogen-bond acceptors (Lipinski definition) is 3. The summed E-state index contributed by atoms with van der Waals surface area (Å²) in [4.78, 5) is 18.0. The number of anilines is 2. The molecule has 2 aromatic rings. The summed E-state index contributed by atoms with van der Waals surface area (Å²) in [6.45, 7) is 11.1. The van der Waals surface area contributed by atoms with E-state index in [9.17, 15) is 4.79 Å². The summed E-state index contributed by atoms with van der Waals surface area (Å²) < 4.78 is 0. The van der Waals surface area contributed by atoms with Gasteiger partial charge < -0.3 is 10.2 Å². The number of nitrogens with one attached hydrogen (secondary N) is 1. The Morgan fingerprint density at radius 2 is 1.93 bits per heavy atom. The molecular formula is C23H26ClN3O. The summed E-state index contributed by atoms with van der Waals surface area (Å²) in [6, 6.07) is 11.5. The van der Waals surface area contributed by atoms with Crippen molar-refractivity contribution in [2.24, 2.45) is 4.99 Å². The van der Waals surface area contributed by atoms with Crippen LogP contribution in [0.1, 0.15) is 45.7 Å². The maximum atomic E-state index is 11.1. The first kappa shape index (κ1) is 20.2. The Morgan fingerprint density at radius 3 is 2.54 bits per heavy atom. The van der Waals surface area contributed by atoms with Crippen molar-refractivity contribution in [3.63, 3.8) is 0 Å². The number of allylic oxidation sites excluding steroid dienone is 1. The van der Waals surface area contributed by atoms with Gasteiger partial charge in [-0.2, -0.15) is 0 Å². The third-order valence-corrected chi connectivity index (χ3v) is 5.28. The van der Waals surface area contributed by atoms with E-state index < -0.39 is 0 Å². The molecule has 0 unspecified atom stereocenters. The molecule has 146 valence electrons. The number of hydrogen-bond donors (Lipinski definition) is 1. The Morgan fingerprint density at radius 1 is 1.25 bits per heavy atom. The van der Waals surface area contributed by atoms with Crippen molar-refractivity contribution in [1.29, 1.82) is 0 Å². The Balaban J connectivity index is 1.91. The molecule has 0 aliphatic carbocycles. The van der Waals surface area contributed by atoms with Gasteiger partial charge in [-0.05, 0) is 69.7 Å². The fraction of sp³-hybridized carbons (Fsp3) is 0.304. The zero-order chi connectivity index (χ0) is 20.5. The fourth-order valence-electron chi connectivity index (χ4n) is 3.77. The van der Waals surface area contributed by atoms with Gasteiger partial charge in [-0.3, -0.25) is 9.79 Å². The number of halogens is 1.